The van der Waals surface area contributed by atoms with E-state index in [1.807, 2.05) is 36.4 Å². The number of hydrogen-bond donors (Lipinski definition) is 0. The summed E-state index contributed by atoms with van der Waals surface area (Å²) in [6, 6.07) is 12.0. The van der Waals surface area contributed by atoms with Crippen LogP contribution >= 0.6 is 0 Å². The SMILES string of the molecule is [Pd].c1ccccc1. The monoisotopic (exact) mass is 184 g/mol. The van der Waals surface area contributed by atoms with Gasteiger partial charge < -0.3 is 0 Å². The average molecular weight is 185 g/mol. The van der Waals surface area contributed by atoms with Crippen molar-refractivity contribution in [3.8, 4) is 0 Å². The van der Waals surface area contributed by atoms with Crippen molar-refractivity contribution in [2.24, 2.45) is 0 Å². The Hall–Kier alpha value is -0.118. The normalized spacial score (nSPS) is 6.86. The van der Waals surface area contributed by atoms with Gasteiger partial charge in [0.15, 0.2) is 0 Å². The van der Waals surface area contributed by atoms with Crippen LogP contribution in [0.1, 0.15) is 0 Å². The Kier molecular flexibility index (Phi) is 3.98. The predicted octanol–water partition coefficient (Wildman–Crippen LogP) is 1.68. The average Bonchev–Trinajstić information content (AvgIpc) is 1.72. The van der Waals surface area contributed by atoms with Crippen molar-refractivity contribution in [3.05, 3.63) is 36.4 Å². The molecule has 0 nitrogen and oxygen atoms in total. The summed E-state index contributed by atoms with van der Waals surface area (Å²) in [5, 5.41) is 0. The van der Waals surface area contributed by atoms with E-state index in [2.05, 4.69) is 0 Å². The number of hydrogen-bond acceptors (Lipinski definition) is 0. The molecule has 1 aromatic carbocycles. The molecule has 7 heavy (non-hydrogen) atoms. The van der Waals surface area contributed by atoms with E-state index < -0.39 is 0 Å². The van der Waals surface area contributed by atoms with Crippen molar-refractivity contribution < 1.29 is 20.4 Å². The maximum atomic E-state index is 2.00. The Bertz CT molecular complexity index is 76.1. The van der Waals surface area contributed by atoms with Crippen LogP contribution in [0.25, 0.3) is 0 Å². The molecule has 0 saturated carbocycles. The molecule has 0 N–H and O–H groups in total. The van der Waals surface area contributed by atoms with E-state index >= 15 is 0 Å². The van der Waals surface area contributed by atoms with Crippen LogP contribution in [0.15, 0.2) is 36.4 Å². The van der Waals surface area contributed by atoms with Crippen molar-refractivity contribution in [1.29, 1.82) is 0 Å². The van der Waals surface area contributed by atoms with Crippen molar-refractivity contribution in [2.75, 3.05) is 0 Å². The first-order valence-corrected chi connectivity index (χ1v) is 2.00. The van der Waals surface area contributed by atoms with Crippen molar-refractivity contribution >= 4 is 0 Å². The molecule has 40 valence electrons. The number of benzene rings is 1. The van der Waals surface area contributed by atoms with E-state index in [9.17, 15) is 0 Å². The van der Waals surface area contributed by atoms with E-state index in [0.29, 0.717) is 0 Å². The van der Waals surface area contributed by atoms with Crippen molar-refractivity contribution in [1.82, 2.24) is 0 Å². The molecule has 1 rings (SSSR count). The zero-order chi connectivity index (χ0) is 4.24. The quantitative estimate of drug-likeness (QED) is 0.539. The molecule has 0 aliphatic rings. The minimum absolute atomic E-state index is 0. The van der Waals surface area contributed by atoms with Crippen molar-refractivity contribution in [3.63, 3.8) is 0 Å². The van der Waals surface area contributed by atoms with E-state index in [-0.39, 0.29) is 20.4 Å². The van der Waals surface area contributed by atoms with Crippen molar-refractivity contribution in [2.45, 2.75) is 0 Å². The van der Waals surface area contributed by atoms with Crippen LogP contribution < -0.4 is 0 Å². The van der Waals surface area contributed by atoms with Gasteiger partial charge in [-0.3, -0.25) is 0 Å². The number of rotatable bonds is 0. The summed E-state index contributed by atoms with van der Waals surface area (Å²) in [6.07, 6.45) is 0. The molecule has 0 saturated heterocycles. The first kappa shape index (κ1) is 6.88. The molecule has 0 aliphatic carbocycles. The van der Waals surface area contributed by atoms with Crippen LogP contribution in [0.3, 0.4) is 0 Å². The first-order valence-electron chi connectivity index (χ1n) is 2.00. The van der Waals surface area contributed by atoms with Crippen LogP contribution in [-0.2, 0) is 20.4 Å². The van der Waals surface area contributed by atoms with Gasteiger partial charge in [-0.25, -0.2) is 0 Å². The summed E-state index contributed by atoms with van der Waals surface area (Å²) in [5.74, 6) is 0. The summed E-state index contributed by atoms with van der Waals surface area (Å²) in [6.45, 7) is 0. The van der Waals surface area contributed by atoms with Gasteiger partial charge in [-0.1, -0.05) is 36.4 Å². The molecule has 0 aliphatic heterocycles. The summed E-state index contributed by atoms with van der Waals surface area (Å²) >= 11 is 0. The Morgan fingerprint density at radius 2 is 0.571 bits per heavy atom. The maximum absolute atomic E-state index is 2.00. The predicted molar refractivity (Wildman–Crippen MR) is 26.4 cm³/mol. The van der Waals surface area contributed by atoms with Crippen LogP contribution in [0, 0.1) is 0 Å². The van der Waals surface area contributed by atoms with Gasteiger partial charge in [0.05, 0.1) is 0 Å². The second-order valence-electron chi connectivity index (χ2n) is 1.15. The van der Waals surface area contributed by atoms with Gasteiger partial charge in [-0.05, 0) is 0 Å². The summed E-state index contributed by atoms with van der Waals surface area (Å²) in [7, 11) is 0. The van der Waals surface area contributed by atoms with Gasteiger partial charge in [0.25, 0.3) is 0 Å². The van der Waals surface area contributed by atoms with Gasteiger partial charge >= 0.3 is 0 Å². The smallest absolute Gasteiger partial charge is 0 e. The molecule has 0 spiro atoms. The first-order chi connectivity index (χ1) is 3.00. The van der Waals surface area contributed by atoms with Gasteiger partial charge in [-0.15, -0.1) is 0 Å². The fraction of sp³-hybridized carbons (Fsp3) is 0. The van der Waals surface area contributed by atoms with Crippen LogP contribution in [0.5, 0.6) is 0 Å². The molecule has 0 heterocycles. The fourth-order valence-corrected chi connectivity index (χ4v) is 0.385. The molecule has 0 fully saturated rings. The zero-order valence-electron chi connectivity index (χ0n) is 3.78. The molecule has 0 bridgehead atoms. The zero-order valence-corrected chi connectivity index (χ0v) is 5.33. The Balaban J connectivity index is 0.000000360. The van der Waals surface area contributed by atoms with Gasteiger partial charge in [0, 0.05) is 20.4 Å². The third kappa shape index (κ3) is 2.56. The standard InChI is InChI=1S/C6H6.Pd/c1-2-4-6-5-3-1;/h1-6H;. The maximum Gasteiger partial charge on any atom is 0 e. The molecular weight excluding hydrogens is 178 g/mol. The topological polar surface area (TPSA) is 0 Å². The van der Waals surface area contributed by atoms with E-state index in [0.717, 1.165) is 0 Å². The molecule has 0 unspecified atom stereocenters. The summed E-state index contributed by atoms with van der Waals surface area (Å²) in [4.78, 5) is 0. The van der Waals surface area contributed by atoms with Gasteiger partial charge in [-0.2, -0.15) is 0 Å². The molecular formula is C6H6Pd. The second kappa shape index (κ2) is 4.05. The molecule has 1 aromatic rings. The molecule has 0 aromatic heterocycles. The molecule has 0 atom stereocenters. The van der Waals surface area contributed by atoms with Gasteiger partial charge in [0.1, 0.15) is 0 Å². The third-order valence-corrected chi connectivity index (χ3v) is 0.667. The molecule has 0 amide bonds. The third-order valence-electron chi connectivity index (χ3n) is 0.667. The Morgan fingerprint density at radius 1 is 0.429 bits per heavy atom. The minimum atomic E-state index is 0. The van der Waals surface area contributed by atoms with E-state index in [1.54, 1.807) is 0 Å². The Morgan fingerprint density at radius 3 is 0.714 bits per heavy atom. The molecule has 0 radical (unpaired) electrons. The largest absolute Gasteiger partial charge is 0.0623 e. The van der Waals surface area contributed by atoms with Crippen LogP contribution in [0.2, 0.25) is 0 Å². The fourth-order valence-electron chi connectivity index (χ4n) is 0.385. The Labute approximate surface area is 57.2 Å². The second-order valence-corrected chi connectivity index (χ2v) is 1.15. The minimum Gasteiger partial charge on any atom is -0.0623 e. The van der Waals surface area contributed by atoms with Crippen LogP contribution in [0.4, 0.5) is 0 Å². The summed E-state index contributed by atoms with van der Waals surface area (Å²) in [5.41, 5.74) is 0. The summed E-state index contributed by atoms with van der Waals surface area (Å²) < 4.78 is 0. The van der Waals surface area contributed by atoms with E-state index in [4.69, 9.17) is 0 Å². The van der Waals surface area contributed by atoms with E-state index in [1.165, 1.54) is 0 Å². The molecule has 1 heteroatoms. The van der Waals surface area contributed by atoms with Crippen LogP contribution in [-0.4, -0.2) is 0 Å². The van der Waals surface area contributed by atoms with Gasteiger partial charge in [0.2, 0.25) is 0 Å².